The lowest BCUT2D eigenvalue weighted by molar-refractivity contribution is 0.101. The number of carbonyl (C=O) groups is 1. The van der Waals surface area contributed by atoms with E-state index < -0.39 is 22.0 Å². The number of ether oxygens (including phenoxy) is 1. The molecule has 1 aliphatic rings. The number of rotatable bonds is 3. The van der Waals surface area contributed by atoms with E-state index in [0.29, 0.717) is 17.7 Å². The summed E-state index contributed by atoms with van der Waals surface area (Å²) >= 11 is 0. The van der Waals surface area contributed by atoms with E-state index in [1.54, 1.807) is 39.1 Å². The quantitative estimate of drug-likeness (QED) is 0.748. The third kappa shape index (κ3) is 4.11. The van der Waals surface area contributed by atoms with Gasteiger partial charge in [-0.25, -0.2) is 13.1 Å². The van der Waals surface area contributed by atoms with E-state index in [1.807, 2.05) is 0 Å². The first-order valence-corrected chi connectivity index (χ1v) is 10.3. The average molecular weight is 412 g/mol. The molecule has 0 saturated carbocycles. The van der Waals surface area contributed by atoms with Crippen molar-refractivity contribution in [3.05, 3.63) is 41.2 Å². The van der Waals surface area contributed by atoms with Crippen molar-refractivity contribution in [3.63, 3.8) is 0 Å². The van der Waals surface area contributed by atoms with Crippen LogP contribution in [-0.4, -0.2) is 31.5 Å². The van der Waals surface area contributed by atoms with Crippen LogP contribution in [0.2, 0.25) is 0 Å². The van der Waals surface area contributed by atoms with Crippen LogP contribution >= 0.6 is 0 Å². The van der Waals surface area contributed by atoms with E-state index in [2.05, 4.69) is 27.9 Å². The predicted octanol–water partition coefficient (Wildman–Crippen LogP) is 1.91. The Balaban J connectivity index is 1.95. The fraction of sp³-hybridized carbons (Fsp3) is 0.300. The second kappa shape index (κ2) is 8.00. The van der Waals surface area contributed by atoms with Crippen molar-refractivity contribution in [1.82, 2.24) is 9.29 Å². The molecule has 0 aliphatic carbocycles. The van der Waals surface area contributed by atoms with Gasteiger partial charge in [0.25, 0.3) is 5.91 Å². The number of aromatic nitrogens is 1. The highest BCUT2D eigenvalue weighted by atomic mass is 32.2. The minimum absolute atomic E-state index is 0.00271. The number of sulfonamides is 1. The fourth-order valence-electron chi connectivity index (χ4n) is 3.01. The molecular weight excluding hydrogens is 392 g/mol. The number of fused-ring (bicyclic) bond motifs is 1. The van der Waals surface area contributed by atoms with Crippen LogP contribution in [0.1, 0.15) is 35.0 Å². The second-order valence-electron chi connectivity index (χ2n) is 6.64. The van der Waals surface area contributed by atoms with Crippen LogP contribution in [0.25, 0.3) is 0 Å². The molecule has 2 N–H and O–H groups in total. The normalized spacial score (nSPS) is 17.0. The van der Waals surface area contributed by atoms with Crippen LogP contribution < -0.4 is 14.8 Å². The van der Waals surface area contributed by atoms with Gasteiger partial charge in [0.2, 0.25) is 10.0 Å². The summed E-state index contributed by atoms with van der Waals surface area (Å²) < 4.78 is 35.1. The molecule has 150 valence electrons. The third-order valence-corrected chi connectivity index (χ3v) is 6.01. The van der Waals surface area contributed by atoms with Crippen molar-refractivity contribution in [2.45, 2.75) is 31.2 Å². The molecule has 0 unspecified atom stereocenters. The zero-order chi connectivity index (χ0) is 21.2. The minimum Gasteiger partial charge on any atom is -0.488 e. The highest BCUT2D eigenvalue weighted by Crippen LogP contribution is 2.33. The van der Waals surface area contributed by atoms with Gasteiger partial charge >= 0.3 is 0 Å². The first-order chi connectivity index (χ1) is 13.8. The van der Waals surface area contributed by atoms with E-state index in [9.17, 15) is 13.2 Å². The minimum atomic E-state index is -3.87. The first-order valence-electron chi connectivity index (χ1n) is 8.83. The highest BCUT2D eigenvalue weighted by molar-refractivity contribution is 7.89. The van der Waals surface area contributed by atoms with Crippen molar-refractivity contribution in [2.24, 2.45) is 7.05 Å². The Kier molecular flexibility index (Phi) is 5.64. The molecule has 8 nitrogen and oxygen atoms in total. The lowest BCUT2D eigenvalue weighted by Gasteiger charge is -2.13. The molecule has 9 heteroatoms. The zero-order valence-electron chi connectivity index (χ0n) is 16.2. The van der Waals surface area contributed by atoms with Crippen LogP contribution in [0.3, 0.4) is 0 Å². The SMILES string of the molecule is CC#CC[C@H]1COc2c(cn(C)c2C(=O)Nc2ccc(C)c(C#N)c2)S(=O)(=O)N1. The molecule has 1 aliphatic heterocycles. The summed E-state index contributed by atoms with van der Waals surface area (Å²) in [5.74, 6) is 5.02. The maximum absolute atomic E-state index is 12.9. The molecule has 0 fully saturated rings. The van der Waals surface area contributed by atoms with Crippen molar-refractivity contribution >= 4 is 21.6 Å². The van der Waals surface area contributed by atoms with Crippen LogP contribution in [0.5, 0.6) is 5.75 Å². The number of nitrogens with one attached hydrogen (secondary N) is 2. The number of amides is 1. The number of benzene rings is 1. The number of nitrogens with zero attached hydrogens (tertiary/aromatic N) is 2. The number of hydrogen-bond donors (Lipinski definition) is 2. The van der Waals surface area contributed by atoms with E-state index in [0.717, 1.165) is 5.56 Å². The molecule has 2 aromatic rings. The molecule has 3 rings (SSSR count). The Morgan fingerprint density at radius 3 is 2.90 bits per heavy atom. The number of anilines is 1. The maximum Gasteiger partial charge on any atom is 0.276 e. The standard InChI is InChI=1S/C20H20N4O4S/c1-4-5-6-16-12-28-19-17(29(26,27)23-16)11-24(3)18(19)20(25)22-15-8-7-13(2)14(9-15)10-21/h7-9,11,16,23H,6,12H2,1-3H3,(H,22,25)/t16-/m0/s1. The Hall–Kier alpha value is -3.27. The lowest BCUT2D eigenvalue weighted by atomic mass is 10.1. The summed E-state index contributed by atoms with van der Waals surface area (Å²) in [5.41, 5.74) is 1.74. The summed E-state index contributed by atoms with van der Waals surface area (Å²) in [6.45, 7) is 3.52. The van der Waals surface area contributed by atoms with Gasteiger partial charge in [0.1, 0.15) is 11.5 Å². The average Bonchev–Trinajstić information content (AvgIpc) is 2.96. The van der Waals surface area contributed by atoms with Crippen molar-refractivity contribution in [3.8, 4) is 23.7 Å². The van der Waals surface area contributed by atoms with E-state index >= 15 is 0 Å². The smallest absolute Gasteiger partial charge is 0.276 e. The summed E-state index contributed by atoms with van der Waals surface area (Å²) in [4.78, 5) is 12.8. The van der Waals surface area contributed by atoms with Gasteiger partial charge in [0, 0.05) is 25.4 Å². The molecule has 29 heavy (non-hydrogen) atoms. The van der Waals surface area contributed by atoms with Crippen LogP contribution in [-0.2, 0) is 17.1 Å². The van der Waals surface area contributed by atoms with Gasteiger partial charge in [0.15, 0.2) is 11.4 Å². The summed E-state index contributed by atoms with van der Waals surface area (Å²) in [6, 6.07) is 6.51. The summed E-state index contributed by atoms with van der Waals surface area (Å²) in [6.07, 6.45) is 1.64. The first kappa shape index (κ1) is 20.5. The van der Waals surface area contributed by atoms with E-state index in [-0.39, 0.29) is 22.9 Å². The molecule has 1 aromatic carbocycles. The van der Waals surface area contributed by atoms with E-state index in [4.69, 9.17) is 10.00 Å². The fourth-order valence-corrected chi connectivity index (χ4v) is 4.42. The zero-order valence-corrected chi connectivity index (χ0v) is 17.1. The number of carbonyl (C=O) groups excluding carboxylic acids is 1. The van der Waals surface area contributed by atoms with Gasteiger partial charge in [-0.15, -0.1) is 11.8 Å². The largest absolute Gasteiger partial charge is 0.488 e. The summed E-state index contributed by atoms with van der Waals surface area (Å²) in [5, 5.41) is 11.9. The Morgan fingerprint density at radius 2 is 2.21 bits per heavy atom. The molecule has 1 aromatic heterocycles. The second-order valence-corrected chi connectivity index (χ2v) is 8.32. The van der Waals surface area contributed by atoms with Crippen LogP contribution in [0, 0.1) is 30.1 Å². The maximum atomic E-state index is 12.9. The highest BCUT2D eigenvalue weighted by Gasteiger charge is 2.34. The topological polar surface area (TPSA) is 113 Å². The molecule has 0 spiro atoms. The van der Waals surface area contributed by atoms with Gasteiger partial charge in [-0.1, -0.05) is 6.07 Å². The van der Waals surface area contributed by atoms with E-state index in [1.165, 1.54) is 10.8 Å². The van der Waals surface area contributed by atoms with Gasteiger partial charge in [0.05, 0.1) is 17.7 Å². The number of aryl methyl sites for hydroxylation is 2. The monoisotopic (exact) mass is 412 g/mol. The van der Waals surface area contributed by atoms with Gasteiger partial charge in [-0.05, 0) is 31.5 Å². The molecule has 1 atom stereocenters. The molecular formula is C20H20N4O4S. The Morgan fingerprint density at radius 1 is 1.45 bits per heavy atom. The van der Waals surface area contributed by atoms with Crippen molar-refractivity contribution in [2.75, 3.05) is 11.9 Å². The molecule has 0 saturated heterocycles. The van der Waals surface area contributed by atoms with Gasteiger partial charge < -0.3 is 14.6 Å². The summed E-state index contributed by atoms with van der Waals surface area (Å²) in [7, 11) is -2.30. The molecule has 1 amide bonds. The third-order valence-electron chi connectivity index (χ3n) is 4.50. The predicted molar refractivity (Wildman–Crippen MR) is 107 cm³/mol. The van der Waals surface area contributed by atoms with Crippen molar-refractivity contribution < 1.29 is 17.9 Å². The number of nitriles is 1. The molecule has 0 bridgehead atoms. The lowest BCUT2D eigenvalue weighted by Crippen LogP contribution is -2.36. The van der Waals surface area contributed by atoms with Crippen LogP contribution in [0.4, 0.5) is 5.69 Å². The van der Waals surface area contributed by atoms with Crippen molar-refractivity contribution in [1.29, 1.82) is 5.26 Å². The molecule has 2 heterocycles. The van der Waals surface area contributed by atoms with Gasteiger partial charge in [-0.3, -0.25) is 4.79 Å². The molecule has 0 radical (unpaired) electrons. The number of hydrogen-bond acceptors (Lipinski definition) is 5. The van der Waals surface area contributed by atoms with Crippen LogP contribution in [0.15, 0.2) is 29.3 Å². The Labute approximate surface area is 169 Å². The van der Waals surface area contributed by atoms with Gasteiger partial charge in [-0.2, -0.15) is 5.26 Å². The Bertz CT molecular complexity index is 1180.